The van der Waals surface area contributed by atoms with Crippen LogP contribution in [0.4, 0.5) is 0 Å². The Morgan fingerprint density at radius 2 is 1.72 bits per heavy atom. The lowest BCUT2D eigenvalue weighted by Crippen LogP contribution is -2.32. The van der Waals surface area contributed by atoms with Gasteiger partial charge in [0.05, 0.1) is 5.75 Å². The first-order valence-corrected chi connectivity index (χ1v) is 9.12. The van der Waals surface area contributed by atoms with Crippen LogP contribution in [-0.4, -0.2) is 33.0 Å². The summed E-state index contributed by atoms with van der Waals surface area (Å²) in [5.74, 6) is 0.613. The quantitative estimate of drug-likeness (QED) is 0.591. The van der Waals surface area contributed by atoms with Crippen molar-refractivity contribution >= 4 is 9.84 Å². The lowest BCUT2D eigenvalue weighted by atomic mass is 9.81. The summed E-state index contributed by atoms with van der Waals surface area (Å²) in [6.45, 7) is 10.4. The van der Waals surface area contributed by atoms with Crippen molar-refractivity contribution in [1.29, 1.82) is 0 Å². The number of nitrogens with one attached hydrogen (secondary N) is 1. The fraction of sp³-hybridized carbons (Fsp3) is 1.00. The minimum absolute atomic E-state index is 0.243. The van der Waals surface area contributed by atoms with E-state index in [1.807, 2.05) is 0 Å². The van der Waals surface area contributed by atoms with Gasteiger partial charge < -0.3 is 5.32 Å². The Bertz CT molecular complexity index is 301. The predicted octanol–water partition coefficient (Wildman–Crippen LogP) is 3.01. The molecule has 0 aromatic heterocycles. The van der Waals surface area contributed by atoms with Gasteiger partial charge in [-0.2, -0.15) is 0 Å². The molecule has 4 heteroatoms. The van der Waals surface area contributed by atoms with Crippen LogP contribution in [0.3, 0.4) is 0 Å². The first-order chi connectivity index (χ1) is 8.39. The fourth-order valence-corrected chi connectivity index (χ4v) is 3.21. The van der Waals surface area contributed by atoms with E-state index in [0.29, 0.717) is 5.75 Å². The van der Waals surface area contributed by atoms with Gasteiger partial charge in [-0.25, -0.2) is 8.42 Å². The molecule has 1 N–H and O–H groups in total. The number of hydrogen-bond donors (Lipinski definition) is 1. The second-order valence-electron chi connectivity index (χ2n) is 5.58. The van der Waals surface area contributed by atoms with Gasteiger partial charge in [0.25, 0.3) is 0 Å². The molecule has 0 aromatic carbocycles. The molecule has 0 saturated carbocycles. The Morgan fingerprint density at radius 1 is 1.06 bits per heavy atom. The highest BCUT2D eigenvalue weighted by Gasteiger charge is 2.23. The predicted molar refractivity (Wildman–Crippen MR) is 79.7 cm³/mol. The van der Waals surface area contributed by atoms with Crippen LogP contribution in [0.2, 0.25) is 0 Å². The topological polar surface area (TPSA) is 46.2 Å². The lowest BCUT2D eigenvalue weighted by molar-refractivity contribution is 0.254. The molecule has 110 valence electrons. The number of rotatable bonds is 11. The van der Waals surface area contributed by atoms with Gasteiger partial charge in [-0.05, 0) is 37.6 Å². The third-order valence-electron chi connectivity index (χ3n) is 3.51. The average molecular weight is 277 g/mol. The molecule has 0 radical (unpaired) electrons. The lowest BCUT2D eigenvalue weighted by Gasteiger charge is -2.30. The van der Waals surface area contributed by atoms with Crippen molar-refractivity contribution in [3.05, 3.63) is 0 Å². The molecule has 18 heavy (non-hydrogen) atoms. The van der Waals surface area contributed by atoms with Crippen molar-refractivity contribution < 1.29 is 8.42 Å². The van der Waals surface area contributed by atoms with E-state index in [-0.39, 0.29) is 11.2 Å². The van der Waals surface area contributed by atoms with E-state index in [1.54, 1.807) is 6.92 Å². The van der Waals surface area contributed by atoms with Crippen LogP contribution in [0.1, 0.15) is 59.8 Å². The number of sulfone groups is 1. The maximum absolute atomic E-state index is 11.5. The minimum atomic E-state index is -2.80. The van der Waals surface area contributed by atoms with Gasteiger partial charge in [0.1, 0.15) is 9.84 Å². The van der Waals surface area contributed by atoms with Crippen molar-refractivity contribution in [2.75, 3.05) is 24.6 Å². The molecule has 0 fully saturated rings. The zero-order valence-electron chi connectivity index (χ0n) is 12.6. The Labute approximate surface area is 114 Å². The molecular formula is C14H31NO2S. The van der Waals surface area contributed by atoms with Crippen molar-refractivity contribution in [3.63, 3.8) is 0 Å². The van der Waals surface area contributed by atoms with E-state index in [0.717, 1.165) is 45.2 Å². The van der Waals surface area contributed by atoms with Crippen molar-refractivity contribution in [1.82, 2.24) is 5.32 Å². The average Bonchev–Trinajstić information content (AvgIpc) is 2.29. The normalized spacial score (nSPS) is 15.6. The van der Waals surface area contributed by atoms with Gasteiger partial charge in [-0.3, -0.25) is 0 Å². The first kappa shape index (κ1) is 17.9. The molecule has 0 aromatic rings. The van der Waals surface area contributed by atoms with Gasteiger partial charge in [0.2, 0.25) is 0 Å². The highest BCUT2D eigenvalue weighted by molar-refractivity contribution is 7.91. The second-order valence-corrected chi connectivity index (χ2v) is 8.05. The van der Waals surface area contributed by atoms with Gasteiger partial charge in [0.15, 0.2) is 0 Å². The van der Waals surface area contributed by atoms with Crippen LogP contribution >= 0.6 is 0 Å². The maximum Gasteiger partial charge on any atom is 0.150 e. The molecule has 0 heterocycles. The molecular weight excluding hydrogens is 246 g/mol. The maximum atomic E-state index is 11.5. The van der Waals surface area contributed by atoms with Gasteiger partial charge in [0, 0.05) is 12.3 Å². The Morgan fingerprint density at radius 3 is 2.22 bits per heavy atom. The van der Waals surface area contributed by atoms with Crippen LogP contribution in [0.25, 0.3) is 0 Å². The minimum Gasteiger partial charge on any atom is -0.316 e. The highest BCUT2D eigenvalue weighted by Crippen LogP contribution is 2.28. The van der Waals surface area contributed by atoms with Crippen LogP contribution in [0.5, 0.6) is 0 Å². The van der Waals surface area contributed by atoms with Crippen LogP contribution < -0.4 is 5.32 Å². The zero-order chi connectivity index (χ0) is 14.1. The molecule has 0 aliphatic carbocycles. The van der Waals surface area contributed by atoms with Crippen molar-refractivity contribution in [3.8, 4) is 0 Å². The molecule has 0 bridgehead atoms. The summed E-state index contributed by atoms with van der Waals surface area (Å²) < 4.78 is 23.0. The molecule has 0 aliphatic rings. The molecule has 0 amide bonds. The summed E-state index contributed by atoms with van der Waals surface area (Å²) in [6, 6.07) is 0. The van der Waals surface area contributed by atoms with Gasteiger partial charge in [-0.1, -0.05) is 34.1 Å². The van der Waals surface area contributed by atoms with Crippen molar-refractivity contribution in [2.45, 2.75) is 59.8 Å². The summed E-state index contributed by atoms with van der Waals surface area (Å²) >= 11 is 0. The summed E-state index contributed by atoms with van der Waals surface area (Å²) in [5, 5.41) is 3.47. The van der Waals surface area contributed by atoms with E-state index >= 15 is 0 Å². The summed E-state index contributed by atoms with van der Waals surface area (Å²) in [4.78, 5) is 0. The Hall–Kier alpha value is -0.0900. The second kappa shape index (κ2) is 8.92. The monoisotopic (exact) mass is 277 g/mol. The smallest absolute Gasteiger partial charge is 0.150 e. The summed E-state index contributed by atoms with van der Waals surface area (Å²) in [6.07, 6.45) is 5.25. The third-order valence-corrected chi connectivity index (χ3v) is 5.30. The van der Waals surface area contributed by atoms with Crippen molar-refractivity contribution in [2.24, 2.45) is 5.41 Å². The van der Waals surface area contributed by atoms with Crippen LogP contribution in [0, 0.1) is 5.41 Å². The molecule has 0 spiro atoms. The van der Waals surface area contributed by atoms with E-state index in [9.17, 15) is 8.42 Å². The third kappa shape index (κ3) is 8.09. The highest BCUT2D eigenvalue weighted by atomic mass is 32.2. The molecule has 0 aliphatic heterocycles. The summed E-state index contributed by atoms with van der Waals surface area (Å²) in [7, 11) is -2.80. The molecule has 1 atom stereocenters. The molecule has 0 saturated heterocycles. The Balaban J connectivity index is 4.17. The molecule has 3 nitrogen and oxygen atoms in total. The van der Waals surface area contributed by atoms with Crippen LogP contribution in [-0.2, 0) is 9.84 Å². The molecule has 0 rings (SSSR count). The first-order valence-electron chi connectivity index (χ1n) is 7.30. The molecule has 1 unspecified atom stereocenters. The van der Waals surface area contributed by atoms with E-state index in [4.69, 9.17) is 0 Å². The van der Waals surface area contributed by atoms with E-state index in [2.05, 4.69) is 26.1 Å². The fourth-order valence-electron chi connectivity index (χ4n) is 2.34. The van der Waals surface area contributed by atoms with E-state index < -0.39 is 9.84 Å². The SMILES string of the molecule is CCCNCC(C)(CCC)CCCS(=O)(=O)CC. The summed E-state index contributed by atoms with van der Waals surface area (Å²) in [5.41, 5.74) is 0.243. The van der Waals surface area contributed by atoms with Gasteiger partial charge >= 0.3 is 0 Å². The zero-order valence-corrected chi connectivity index (χ0v) is 13.4. The van der Waals surface area contributed by atoms with E-state index in [1.165, 1.54) is 0 Å². The standard InChI is InChI=1S/C14H31NO2S/c1-5-9-14(4,13-15-11-6-2)10-8-12-18(16,17)7-3/h15H,5-13H2,1-4H3. The largest absolute Gasteiger partial charge is 0.316 e. The van der Waals surface area contributed by atoms with Gasteiger partial charge in [-0.15, -0.1) is 0 Å². The number of hydrogen-bond acceptors (Lipinski definition) is 3. The van der Waals surface area contributed by atoms with Crippen LogP contribution in [0.15, 0.2) is 0 Å². The Kier molecular flexibility index (Phi) is 8.87.